The Morgan fingerprint density at radius 2 is 1.95 bits per heavy atom. The number of aromatic nitrogens is 4. The number of amides is 1. The zero-order chi connectivity index (χ0) is 28.1. The zero-order valence-corrected chi connectivity index (χ0v) is 21.9. The van der Waals surface area contributed by atoms with Crippen LogP contribution in [-0.2, 0) is 6.18 Å². The molecule has 8 nitrogen and oxygen atoms in total. The van der Waals surface area contributed by atoms with Gasteiger partial charge < -0.3 is 20.5 Å². The fraction of sp³-hybridized carbons (Fsp3) is 0.286. The third-order valence-electron chi connectivity index (χ3n) is 6.87. The molecular weight excluding hydrogens is 518 g/mol. The van der Waals surface area contributed by atoms with Crippen molar-refractivity contribution < 1.29 is 18.0 Å². The van der Waals surface area contributed by atoms with Crippen LogP contribution in [0.3, 0.4) is 0 Å². The Morgan fingerprint density at radius 3 is 2.67 bits per heavy atom. The van der Waals surface area contributed by atoms with Crippen LogP contribution in [-0.4, -0.2) is 60.0 Å². The van der Waals surface area contributed by atoms with Crippen molar-refractivity contribution in [2.75, 3.05) is 36.9 Å². The molecule has 4 aromatic rings. The number of rotatable bonds is 8. The molecule has 0 aliphatic carbocycles. The fourth-order valence-corrected chi connectivity index (χ4v) is 5.11. The van der Waals surface area contributed by atoms with Gasteiger partial charge in [-0.25, -0.2) is 4.98 Å². The number of halogens is 3. The first-order valence-corrected chi connectivity index (χ1v) is 13.0. The molecule has 1 saturated heterocycles. The minimum Gasteiger partial charge on any atom is -0.369 e. The summed E-state index contributed by atoms with van der Waals surface area (Å²) in [7, 11) is 3.36. The standard InChI is InChI=1S/C28H28BF3N7O/c1-33-14-18-6-5-13-39(17-18)25-22(38-27(40)23-16-34-26(37-23)19-11-12-35-36-15-19)10-9-21(24(25)28(30,31)32)29-20-7-3-2-4-8-20/h2-4,7-12,15-16,18,33H,5-6,13-14,17H2,1H3,(H,34,37)(H,38,40). The van der Waals surface area contributed by atoms with Crippen molar-refractivity contribution >= 4 is 35.5 Å². The van der Waals surface area contributed by atoms with Gasteiger partial charge in [-0.2, -0.15) is 23.4 Å². The normalized spacial score (nSPS) is 15.6. The number of alkyl halides is 3. The maximum atomic E-state index is 14.8. The minimum atomic E-state index is -4.66. The number of nitrogens with one attached hydrogen (secondary N) is 3. The van der Waals surface area contributed by atoms with Crippen molar-refractivity contribution in [1.29, 1.82) is 0 Å². The minimum absolute atomic E-state index is 0.0237. The Labute approximate surface area is 230 Å². The molecule has 1 atom stereocenters. The third-order valence-corrected chi connectivity index (χ3v) is 6.87. The molecule has 0 spiro atoms. The average molecular weight is 546 g/mol. The van der Waals surface area contributed by atoms with E-state index in [2.05, 4.69) is 30.8 Å². The molecule has 1 radical (unpaired) electrons. The van der Waals surface area contributed by atoms with E-state index in [9.17, 15) is 18.0 Å². The Morgan fingerprint density at radius 1 is 1.12 bits per heavy atom. The summed E-state index contributed by atoms with van der Waals surface area (Å²) < 4.78 is 44.5. The lowest BCUT2D eigenvalue weighted by atomic mass is 9.62. The Hall–Kier alpha value is -4.19. The second-order valence-corrected chi connectivity index (χ2v) is 9.72. The van der Waals surface area contributed by atoms with Crippen LogP contribution in [0.5, 0.6) is 0 Å². The largest absolute Gasteiger partial charge is 0.417 e. The summed E-state index contributed by atoms with van der Waals surface area (Å²) in [6.07, 6.45) is 1.33. The molecule has 205 valence electrons. The maximum absolute atomic E-state index is 14.8. The van der Waals surface area contributed by atoms with Crippen molar-refractivity contribution in [3.05, 3.63) is 78.4 Å². The molecule has 1 amide bonds. The summed E-state index contributed by atoms with van der Waals surface area (Å²) in [6, 6.07) is 13.5. The lowest BCUT2D eigenvalue weighted by molar-refractivity contribution is -0.136. The number of hydrogen-bond donors (Lipinski definition) is 3. The summed E-state index contributed by atoms with van der Waals surface area (Å²) in [4.78, 5) is 22.2. The number of nitrogens with zero attached hydrogens (tertiary/aromatic N) is 4. The van der Waals surface area contributed by atoms with Gasteiger partial charge in [-0.05, 0) is 44.5 Å². The van der Waals surface area contributed by atoms with Crippen molar-refractivity contribution in [1.82, 2.24) is 25.5 Å². The number of hydrogen-bond acceptors (Lipinski definition) is 6. The molecule has 1 aliphatic rings. The molecule has 5 rings (SSSR count). The SMILES string of the molecule is CNCC1CCCN(c2c(NC(=O)c3cnc(-c4ccnnc4)[nH]3)ccc([B]c3ccccc3)c2C(F)(F)F)C1. The number of carbonyl (C=O) groups is 1. The van der Waals surface area contributed by atoms with Crippen LogP contribution in [0.15, 0.2) is 67.1 Å². The van der Waals surface area contributed by atoms with Crippen LogP contribution in [0.2, 0.25) is 0 Å². The van der Waals surface area contributed by atoms with Crippen molar-refractivity contribution in [3.8, 4) is 11.4 Å². The van der Waals surface area contributed by atoms with E-state index in [0.717, 1.165) is 12.8 Å². The Bertz CT molecular complexity index is 1450. The number of imidazole rings is 1. The molecule has 2 aromatic heterocycles. The molecule has 2 aromatic carbocycles. The molecular formula is C28H28BF3N7O. The van der Waals surface area contributed by atoms with Gasteiger partial charge in [0.1, 0.15) is 11.5 Å². The van der Waals surface area contributed by atoms with Gasteiger partial charge in [-0.3, -0.25) is 4.79 Å². The van der Waals surface area contributed by atoms with Crippen LogP contribution in [0, 0.1) is 5.92 Å². The highest BCUT2D eigenvalue weighted by molar-refractivity contribution is 6.68. The van der Waals surface area contributed by atoms with Gasteiger partial charge in [0.2, 0.25) is 0 Å². The van der Waals surface area contributed by atoms with Crippen LogP contribution >= 0.6 is 0 Å². The number of H-pyrrole nitrogens is 1. The fourth-order valence-electron chi connectivity index (χ4n) is 5.11. The van der Waals surface area contributed by atoms with E-state index >= 15 is 0 Å². The van der Waals surface area contributed by atoms with Crippen molar-refractivity contribution in [2.24, 2.45) is 5.92 Å². The van der Waals surface area contributed by atoms with Crippen LogP contribution in [0.1, 0.15) is 28.9 Å². The summed E-state index contributed by atoms with van der Waals surface area (Å²) in [5.74, 6) is -0.0250. The van der Waals surface area contributed by atoms with E-state index < -0.39 is 17.6 Å². The summed E-state index contributed by atoms with van der Waals surface area (Å²) >= 11 is 0. The van der Waals surface area contributed by atoms with Crippen LogP contribution in [0.25, 0.3) is 11.4 Å². The predicted octanol–water partition coefficient (Wildman–Crippen LogP) is 3.23. The highest BCUT2D eigenvalue weighted by Gasteiger charge is 2.40. The van der Waals surface area contributed by atoms with Gasteiger partial charge in [0.15, 0.2) is 7.28 Å². The molecule has 1 fully saturated rings. The lowest BCUT2D eigenvalue weighted by Crippen LogP contribution is -2.42. The Kier molecular flexibility index (Phi) is 8.15. The monoisotopic (exact) mass is 546 g/mol. The van der Waals surface area contributed by atoms with Crippen molar-refractivity contribution in [2.45, 2.75) is 19.0 Å². The number of benzene rings is 2. The topological polar surface area (TPSA) is 98.8 Å². The first-order chi connectivity index (χ1) is 19.3. The number of anilines is 2. The molecule has 1 unspecified atom stereocenters. The average Bonchev–Trinajstić information content (AvgIpc) is 3.45. The van der Waals surface area contributed by atoms with Gasteiger partial charge in [0, 0.05) is 18.7 Å². The van der Waals surface area contributed by atoms with E-state index in [0.29, 0.717) is 36.5 Å². The van der Waals surface area contributed by atoms with Gasteiger partial charge in [0.05, 0.1) is 35.5 Å². The van der Waals surface area contributed by atoms with Crippen LogP contribution < -0.4 is 26.5 Å². The summed E-state index contributed by atoms with van der Waals surface area (Å²) in [6.45, 7) is 1.57. The zero-order valence-electron chi connectivity index (χ0n) is 21.9. The van der Waals surface area contributed by atoms with E-state index in [1.165, 1.54) is 31.9 Å². The number of carbonyl (C=O) groups excluding carboxylic acids is 1. The summed E-state index contributed by atoms with van der Waals surface area (Å²) in [5.41, 5.74) is 0.720. The van der Waals surface area contributed by atoms with E-state index in [1.54, 1.807) is 41.3 Å². The lowest BCUT2D eigenvalue weighted by Gasteiger charge is -2.37. The maximum Gasteiger partial charge on any atom is 0.417 e. The van der Waals surface area contributed by atoms with Gasteiger partial charge >= 0.3 is 6.18 Å². The predicted molar refractivity (Wildman–Crippen MR) is 149 cm³/mol. The van der Waals surface area contributed by atoms with E-state index in [4.69, 9.17) is 0 Å². The van der Waals surface area contributed by atoms with Crippen molar-refractivity contribution in [3.63, 3.8) is 0 Å². The number of piperidine rings is 1. The Balaban J connectivity index is 1.54. The molecule has 40 heavy (non-hydrogen) atoms. The van der Waals surface area contributed by atoms with E-state index in [1.807, 2.05) is 13.1 Å². The third kappa shape index (κ3) is 6.17. The number of aromatic amines is 1. The first-order valence-electron chi connectivity index (χ1n) is 13.0. The molecule has 1 aliphatic heterocycles. The van der Waals surface area contributed by atoms with Gasteiger partial charge in [-0.15, -0.1) is 0 Å². The first kappa shape index (κ1) is 27.4. The highest BCUT2D eigenvalue weighted by atomic mass is 19.4. The second-order valence-electron chi connectivity index (χ2n) is 9.72. The molecule has 3 N–H and O–H groups in total. The summed E-state index contributed by atoms with van der Waals surface area (Å²) in [5, 5.41) is 13.4. The van der Waals surface area contributed by atoms with E-state index in [-0.39, 0.29) is 28.4 Å². The second kappa shape index (κ2) is 11.9. The highest BCUT2D eigenvalue weighted by Crippen LogP contribution is 2.41. The molecule has 12 heteroatoms. The molecule has 3 heterocycles. The van der Waals surface area contributed by atoms with Gasteiger partial charge in [-0.1, -0.05) is 47.3 Å². The molecule has 0 saturated carbocycles. The quantitative estimate of drug-likeness (QED) is 0.294. The van der Waals surface area contributed by atoms with Gasteiger partial charge in [0.25, 0.3) is 5.91 Å². The smallest absolute Gasteiger partial charge is 0.369 e. The molecule has 0 bridgehead atoms. The van der Waals surface area contributed by atoms with Crippen LogP contribution in [0.4, 0.5) is 24.5 Å².